The highest BCUT2D eigenvalue weighted by molar-refractivity contribution is 9.11. The summed E-state index contributed by atoms with van der Waals surface area (Å²) in [5.41, 5.74) is -0.326. The van der Waals surface area contributed by atoms with Crippen LogP contribution in [0.2, 0.25) is 0 Å². The largest absolute Gasteiger partial charge is 0.459 e. The molecule has 0 saturated carbocycles. The van der Waals surface area contributed by atoms with E-state index in [9.17, 15) is 40.3 Å². The van der Waals surface area contributed by atoms with Gasteiger partial charge in [0.25, 0.3) is 11.8 Å². The molecular weight excluding hydrogens is 411 g/mol. The highest BCUT2D eigenvalue weighted by Gasteiger charge is 2.73. The van der Waals surface area contributed by atoms with Crippen LogP contribution in [0.15, 0.2) is 9.85 Å². The number of amides is 2. The molecule has 0 aliphatic carbocycles. The minimum absolute atomic E-state index is 0.303. The lowest BCUT2D eigenvalue weighted by Gasteiger charge is -2.30. The predicted molar refractivity (Wildman–Crippen MR) is 63.3 cm³/mol. The Morgan fingerprint density at radius 2 is 1.59 bits per heavy atom. The first-order chi connectivity index (χ1) is 9.79. The average Bonchev–Trinajstić information content (AvgIpc) is 2.82. The van der Waals surface area contributed by atoms with Gasteiger partial charge in [0, 0.05) is 0 Å². The van der Waals surface area contributed by atoms with Crippen LogP contribution in [0.25, 0.3) is 0 Å². The van der Waals surface area contributed by atoms with E-state index >= 15 is 0 Å². The molecule has 2 heterocycles. The van der Waals surface area contributed by atoms with E-state index in [1.54, 1.807) is 0 Å². The van der Waals surface area contributed by atoms with E-state index in [-0.39, 0.29) is 15.3 Å². The highest BCUT2D eigenvalue weighted by Crippen LogP contribution is 2.47. The predicted octanol–water partition coefficient (Wildman–Crippen LogP) is 3.94. The van der Waals surface area contributed by atoms with E-state index in [4.69, 9.17) is 0 Å². The van der Waals surface area contributed by atoms with Crippen LogP contribution in [0.4, 0.5) is 30.7 Å². The van der Waals surface area contributed by atoms with Gasteiger partial charge < -0.3 is 0 Å². The number of carbonyl (C=O) groups is 2. The van der Waals surface area contributed by atoms with E-state index in [0.29, 0.717) is 15.1 Å². The number of rotatable bonds is 3. The van der Waals surface area contributed by atoms with Crippen molar-refractivity contribution in [3.8, 4) is 0 Å². The molecule has 2 rings (SSSR count). The van der Waals surface area contributed by atoms with Crippen LogP contribution >= 0.6 is 27.3 Å². The van der Waals surface area contributed by atoms with Crippen LogP contribution in [0, 0.1) is 0 Å². The van der Waals surface area contributed by atoms with Crippen molar-refractivity contribution in [2.45, 2.75) is 18.0 Å². The molecule has 0 atom stereocenters. The Bertz CT molecular complexity index is 621. The summed E-state index contributed by atoms with van der Waals surface area (Å²) in [4.78, 5) is 22.8. The van der Waals surface area contributed by atoms with Gasteiger partial charge >= 0.3 is 18.0 Å². The summed E-state index contributed by atoms with van der Waals surface area (Å²) >= 11 is 3.61. The van der Waals surface area contributed by atoms with Crippen molar-refractivity contribution in [3.63, 3.8) is 0 Å². The van der Waals surface area contributed by atoms with Crippen molar-refractivity contribution in [3.05, 3.63) is 20.3 Å². The van der Waals surface area contributed by atoms with Crippen LogP contribution in [-0.4, -0.2) is 41.3 Å². The van der Waals surface area contributed by atoms with E-state index in [1.807, 2.05) is 0 Å². The quantitative estimate of drug-likeness (QED) is 0.555. The van der Waals surface area contributed by atoms with Crippen LogP contribution in [0.5, 0.6) is 0 Å². The summed E-state index contributed by atoms with van der Waals surface area (Å²) in [7, 11) is 0. The van der Waals surface area contributed by atoms with E-state index in [1.165, 1.54) is 0 Å². The minimum atomic E-state index is -6.52. The SMILES string of the molecule is O=C1c2cc(Br)sc2C(=O)N1CC(F)(F)C(F)(F)C(F)(F)F. The van der Waals surface area contributed by atoms with Gasteiger partial charge in [-0.25, -0.2) is 0 Å². The van der Waals surface area contributed by atoms with Gasteiger partial charge in [-0.2, -0.15) is 30.7 Å². The van der Waals surface area contributed by atoms with Crippen LogP contribution in [-0.2, 0) is 0 Å². The maximum Gasteiger partial charge on any atom is 0.459 e. The topological polar surface area (TPSA) is 37.4 Å². The molecule has 0 aromatic carbocycles. The Hall–Kier alpha value is -1.17. The van der Waals surface area contributed by atoms with Crippen molar-refractivity contribution in [1.29, 1.82) is 0 Å². The number of halogens is 8. The second kappa shape index (κ2) is 4.91. The lowest BCUT2D eigenvalue weighted by Crippen LogP contribution is -2.57. The molecule has 0 radical (unpaired) electrons. The molecule has 0 saturated heterocycles. The van der Waals surface area contributed by atoms with Gasteiger partial charge in [-0.3, -0.25) is 14.5 Å². The zero-order valence-corrected chi connectivity index (χ0v) is 12.4. The molecule has 122 valence electrons. The van der Waals surface area contributed by atoms with Crippen LogP contribution < -0.4 is 0 Å². The van der Waals surface area contributed by atoms with Gasteiger partial charge in [0.2, 0.25) is 0 Å². The van der Waals surface area contributed by atoms with E-state index < -0.39 is 36.4 Å². The molecule has 3 nitrogen and oxygen atoms in total. The molecule has 1 aliphatic heterocycles. The molecule has 0 N–H and O–H groups in total. The van der Waals surface area contributed by atoms with Crippen molar-refractivity contribution in [2.24, 2.45) is 0 Å². The molecule has 0 spiro atoms. The fourth-order valence-electron chi connectivity index (χ4n) is 1.69. The first-order valence-electron chi connectivity index (χ1n) is 5.27. The van der Waals surface area contributed by atoms with E-state index in [2.05, 4.69) is 15.9 Å². The molecule has 1 aromatic rings. The lowest BCUT2D eigenvalue weighted by molar-refractivity contribution is -0.354. The number of hydrogen-bond acceptors (Lipinski definition) is 3. The highest BCUT2D eigenvalue weighted by atomic mass is 79.9. The molecular formula is C10H3BrF7NO2S. The first kappa shape index (κ1) is 17.2. The summed E-state index contributed by atoms with van der Waals surface area (Å²) in [5.74, 6) is -14.7. The second-order valence-corrected chi connectivity index (χ2v) is 6.70. The lowest BCUT2D eigenvalue weighted by atomic mass is 10.1. The Labute approximate surface area is 129 Å². The fraction of sp³-hybridized carbons (Fsp3) is 0.400. The number of fused-ring (bicyclic) bond motifs is 1. The van der Waals surface area contributed by atoms with Crippen molar-refractivity contribution in [2.75, 3.05) is 6.54 Å². The van der Waals surface area contributed by atoms with Crippen molar-refractivity contribution < 1.29 is 40.3 Å². The zero-order chi connectivity index (χ0) is 17.1. The Morgan fingerprint density at radius 3 is 2.05 bits per heavy atom. The number of hydrogen-bond donors (Lipinski definition) is 0. The zero-order valence-electron chi connectivity index (χ0n) is 9.98. The number of carbonyl (C=O) groups excluding carboxylic acids is 2. The summed E-state index contributed by atoms with van der Waals surface area (Å²) < 4.78 is 88.6. The molecule has 0 unspecified atom stereocenters. The first-order valence-corrected chi connectivity index (χ1v) is 6.88. The summed E-state index contributed by atoms with van der Waals surface area (Å²) in [6.45, 7) is -2.36. The Morgan fingerprint density at radius 1 is 1.05 bits per heavy atom. The van der Waals surface area contributed by atoms with Gasteiger partial charge in [0.05, 0.1) is 15.9 Å². The minimum Gasteiger partial charge on any atom is -0.269 e. The van der Waals surface area contributed by atoms with Gasteiger partial charge in [-0.15, -0.1) is 11.3 Å². The number of alkyl halides is 7. The molecule has 1 aliphatic rings. The van der Waals surface area contributed by atoms with E-state index in [0.717, 1.165) is 6.07 Å². The van der Waals surface area contributed by atoms with Gasteiger partial charge in [0.15, 0.2) is 0 Å². The standard InChI is InChI=1S/C10H3BrF7NO2S/c11-4-1-3-5(22-4)7(21)19(6(3)20)2-8(12,13)9(14,15)10(16,17)18/h1H,2H2. The number of nitrogens with zero attached hydrogens (tertiary/aromatic N) is 1. The summed E-state index contributed by atoms with van der Waals surface area (Å²) in [5, 5.41) is 0. The molecule has 0 fully saturated rings. The summed E-state index contributed by atoms with van der Waals surface area (Å²) in [6.07, 6.45) is -6.52. The fourth-order valence-corrected chi connectivity index (χ4v) is 3.23. The maximum absolute atomic E-state index is 13.3. The molecule has 0 bridgehead atoms. The smallest absolute Gasteiger partial charge is 0.269 e. The summed E-state index contributed by atoms with van der Waals surface area (Å²) in [6, 6.07) is 1.10. The molecule has 22 heavy (non-hydrogen) atoms. The molecule has 2 amide bonds. The maximum atomic E-state index is 13.3. The average molecular weight is 414 g/mol. The Balaban J connectivity index is 2.31. The third-order valence-electron chi connectivity index (χ3n) is 2.79. The van der Waals surface area contributed by atoms with Crippen molar-refractivity contribution >= 4 is 39.1 Å². The number of imide groups is 1. The van der Waals surface area contributed by atoms with Crippen molar-refractivity contribution in [1.82, 2.24) is 4.90 Å². The molecule has 1 aromatic heterocycles. The monoisotopic (exact) mass is 413 g/mol. The normalized spacial score (nSPS) is 16.5. The van der Waals surface area contributed by atoms with Gasteiger partial charge in [-0.05, 0) is 22.0 Å². The molecule has 12 heteroatoms. The van der Waals surface area contributed by atoms with Gasteiger partial charge in [0.1, 0.15) is 4.88 Å². The third-order valence-corrected chi connectivity index (χ3v) is 4.42. The number of thiophene rings is 1. The Kier molecular flexibility index (Phi) is 3.84. The second-order valence-electron chi connectivity index (χ2n) is 4.27. The van der Waals surface area contributed by atoms with Gasteiger partial charge in [-0.1, -0.05) is 0 Å². The van der Waals surface area contributed by atoms with Crippen LogP contribution in [0.1, 0.15) is 20.0 Å². The third kappa shape index (κ3) is 2.41. The van der Waals surface area contributed by atoms with Crippen LogP contribution in [0.3, 0.4) is 0 Å².